The minimum Gasteiger partial charge on any atom is -0.326 e. The number of nitrogens with one attached hydrogen (secondary N) is 1. The van der Waals surface area contributed by atoms with Crippen molar-refractivity contribution in [3.63, 3.8) is 0 Å². The maximum Gasteiger partial charge on any atom is 0.224 e. The Labute approximate surface area is 118 Å². The quantitative estimate of drug-likeness (QED) is 0.894. The van der Waals surface area contributed by atoms with Crippen LogP contribution in [0.15, 0.2) is 42.5 Å². The highest BCUT2D eigenvalue weighted by Crippen LogP contribution is 2.18. The van der Waals surface area contributed by atoms with E-state index in [1.807, 2.05) is 38.1 Å². The highest BCUT2D eigenvalue weighted by atomic mass is 19.1. The van der Waals surface area contributed by atoms with Gasteiger partial charge in [-0.25, -0.2) is 4.39 Å². The lowest BCUT2D eigenvalue weighted by molar-refractivity contribution is -0.116. The van der Waals surface area contributed by atoms with E-state index in [4.69, 9.17) is 0 Å². The Morgan fingerprint density at radius 3 is 2.65 bits per heavy atom. The molecule has 0 atom stereocenters. The smallest absolute Gasteiger partial charge is 0.224 e. The lowest BCUT2D eigenvalue weighted by Crippen LogP contribution is -2.13. The van der Waals surface area contributed by atoms with Crippen molar-refractivity contribution in [3.8, 4) is 0 Å². The van der Waals surface area contributed by atoms with Gasteiger partial charge in [0.2, 0.25) is 5.91 Å². The van der Waals surface area contributed by atoms with Crippen molar-refractivity contribution in [2.45, 2.75) is 26.7 Å². The lowest BCUT2D eigenvalue weighted by Gasteiger charge is -2.10. The first-order valence-electron chi connectivity index (χ1n) is 6.67. The molecule has 0 heterocycles. The van der Waals surface area contributed by atoms with Gasteiger partial charge in [0.25, 0.3) is 0 Å². The van der Waals surface area contributed by atoms with Crippen molar-refractivity contribution in [1.82, 2.24) is 0 Å². The number of benzene rings is 2. The molecule has 3 heteroatoms. The number of hydrogen-bond acceptors (Lipinski definition) is 1. The summed E-state index contributed by atoms with van der Waals surface area (Å²) in [5.74, 6) is -0.319. The second-order valence-electron chi connectivity index (χ2n) is 4.93. The summed E-state index contributed by atoms with van der Waals surface area (Å²) in [6.07, 6.45) is 0.880. The molecular formula is C17H18FNO. The summed E-state index contributed by atoms with van der Waals surface area (Å²) >= 11 is 0. The summed E-state index contributed by atoms with van der Waals surface area (Å²) in [6, 6.07) is 12.2. The van der Waals surface area contributed by atoms with Gasteiger partial charge in [-0.15, -0.1) is 0 Å². The molecule has 0 aliphatic heterocycles. The Morgan fingerprint density at radius 2 is 1.90 bits per heavy atom. The molecule has 2 nitrogen and oxygen atoms in total. The van der Waals surface area contributed by atoms with Crippen molar-refractivity contribution in [2.75, 3.05) is 5.32 Å². The van der Waals surface area contributed by atoms with E-state index in [0.29, 0.717) is 12.8 Å². The Kier molecular flexibility index (Phi) is 4.51. The third-order valence-electron chi connectivity index (χ3n) is 3.41. The van der Waals surface area contributed by atoms with E-state index in [1.165, 1.54) is 12.1 Å². The van der Waals surface area contributed by atoms with Gasteiger partial charge in [-0.05, 0) is 55.2 Å². The van der Waals surface area contributed by atoms with Gasteiger partial charge in [-0.2, -0.15) is 0 Å². The number of halogens is 1. The van der Waals surface area contributed by atoms with Gasteiger partial charge in [0.1, 0.15) is 5.82 Å². The third-order valence-corrected chi connectivity index (χ3v) is 3.41. The van der Waals surface area contributed by atoms with Crippen molar-refractivity contribution in [1.29, 1.82) is 0 Å². The SMILES string of the molecule is Cc1cccc(NC(=O)CCc2cccc(F)c2)c1C. The van der Waals surface area contributed by atoms with Crippen molar-refractivity contribution < 1.29 is 9.18 Å². The molecule has 2 aromatic carbocycles. The van der Waals surface area contributed by atoms with Gasteiger partial charge in [-0.3, -0.25) is 4.79 Å². The molecule has 0 aliphatic carbocycles. The van der Waals surface area contributed by atoms with Crippen LogP contribution in [-0.4, -0.2) is 5.91 Å². The first-order valence-corrected chi connectivity index (χ1v) is 6.67. The molecule has 1 amide bonds. The Hall–Kier alpha value is -2.16. The van der Waals surface area contributed by atoms with Gasteiger partial charge in [0, 0.05) is 12.1 Å². The number of rotatable bonds is 4. The fourth-order valence-electron chi connectivity index (χ4n) is 2.05. The molecular weight excluding hydrogens is 253 g/mol. The van der Waals surface area contributed by atoms with Crippen LogP contribution in [0.5, 0.6) is 0 Å². The summed E-state index contributed by atoms with van der Waals surface area (Å²) in [7, 11) is 0. The zero-order valence-electron chi connectivity index (χ0n) is 11.7. The van der Waals surface area contributed by atoms with Crippen LogP contribution >= 0.6 is 0 Å². The number of anilines is 1. The molecule has 2 rings (SSSR count). The minimum atomic E-state index is -0.266. The average molecular weight is 271 g/mol. The number of carbonyl (C=O) groups is 1. The van der Waals surface area contributed by atoms with E-state index in [9.17, 15) is 9.18 Å². The molecule has 0 aromatic heterocycles. The summed E-state index contributed by atoms with van der Waals surface area (Å²) in [5.41, 5.74) is 3.90. The largest absolute Gasteiger partial charge is 0.326 e. The van der Waals surface area contributed by atoms with Gasteiger partial charge >= 0.3 is 0 Å². The first-order chi connectivity index (χ1) is 9.56. The molecule has 0 radical (unpaired) electrons. The van der Waals surface area contributed by atoms with Gasteiger partial charge in [-0.1, -0.05) is 24.3 Å². The first kappa shape index (κ1) is 14.3. The highest BCUT2D eigenvalue weighted by molar-refractivity contribution is 5.91. The summed E-state index contributed by atoms with van der Waals surface area (Å²) in [4.78, 5) is 11.9. The molecule has 2 aromatic rings. The maximum absolute atomic E-state index is 13.0. The molecule has 0 fully saturated rings. The van der Waals surface area contributed by atoms with Crippen LogP contribution < -0.4 is 5.32 Å². The zero-order valence-corrected chi connectivity index (χ0v) is 11.7. The van der Waals surface area contributed by atoms with Gasteiger partial charge < -0.3 is 5.32 Å². The second-order valence-corrected chi connectivity index (χ2v) is 4.93. The average Bonchev–Trinajstić information content (AvgIpc) is 2.42. The van der Waals surface area contributed by atoms with E-state index in [0.717, 1.165) is 22.4 Å². The minimum absolute atomic E-state index is 0.0528. The number of hydrogen-bond donors (Lipinski definition) is 1. The maximum atomic E-state index is 13.0. The highest BCUT2D eigenvalue weighted by Gasteiger charge is 2.06. The summed E-state index contributed by atoms with van der Waals surface area (Å²) in [6.45, 7) is 4.00. The zero-order chi connectivity index (χ0) is 14.5. The number of carbonyl (C=O) groups excluding carboxylic acids is 1. The molecule has 0 saturated heterocycles. The topological polar surface area (TPSA) is 29.1 Å². The fraction of sp³-hybridized carbons (Fsp3) is 0.235. The second kappa shape index (κ2) is 6.33. The van der Waals surface area contributed by atoms with Crippen molar-refractivity contribution in [2.24, 2.45) is 0 Å². The predicted molar refractivity (Wildman–Crippen MR) is 79.3 cm³/mol. The van der Waals surface area contributed by atoms with Gasteiger partial charge in [0.15, 0.2) is 0 Å². The summed E-state index contributed by atoms with van der Waals surface area (Å²) in [5, 5.41) is 2.90. The van der Waals surface area contributed by atoms with E-state index in [-0.39, 0.29) is 11.7 Å². The molecule has 20 heavy (non-hydrogen) atoms. The fourth-order valence-corrected chi connectivity index (χ4v) is 2.05. The molecule has 0 unspecified atom stereocenters. The third kappa shape index (κ3) is 3.67. The normalized spacial score (nSPS) is 10.3. The van der Waals surface area contributed by atoms with Crippen LogP contribution in [0.1, 0.15) is 23.1 Å². The Morgan fingerprint density at radius 1 is 1.15 bits per heavy atom. The lowest BCUT2D eigenvalue weighted by atomic mass is 10.1. The number of amides is 1. The monoisotopic (exact) mass is 271 g/mol. The van der Waals surface area contributed by atoms with Crippen LogP contribution in [0.3, 0.4) is 0 Å². The van der Waals surface area contributed by atoms with E-state index >= 15 is 0 Å². The van der Waals surface area contributed by atoms with Crippen LogP contribution in [0.4, 0.5) is 10.1 Å². The predicted octanol–water partition coefficient (Wildman–Crippen LogP) is 4.01. The number of aryl methyl sites for hydroxylation is 2. The molecule has 0 spiro atoms. The molecule has 1 N–H and O–H groups in total. The van der Waals surface area contributed by atoms with Crippen molar-refractivity contribution in [3.05, 3.63) is 65.0 Å². The van der Waals surface area contributed by atoms with Crippen molar-refractivity contribution >= 4 is 11.6 Å². The van der Waals surface area contributed by atoms with E-state index in [1.54, 1.807) is 6.07 Å². The van der Waals surface area contributed by atoms with Gasteiger partial charge in [0.05, 0.1) is 0 Å². The van der Waals surface area contributed by atoms with Crippen LogP contribution in [0.2, 0.25) is 0 Å². The Bertz CT molecular complexity index is 622. The molecule has 0 aliphatic rings. The Balaban J connectivity index is 1.94. The van der Waals surface area contributed by atoms with E-state index < -0.39 is 0 Å². The molecule has 0 bridgehead atoms. The van der Waals surface area contributed by atoms with Crippen LogP contribution in [0, 0.1) is 19.7 Å². The van der Waals surface area contributed by atoms with Crippen LogP contribution in [0.25, 0.3) is 0 Å². The summed E-state index contributed by atoms with van der Waals surface area (Å²) < 4.78 is 13.0. The standard InChI is InChI=1S/C17H18FNO/c1-12-5-3-8-16(13(12)2)19-17(20)10-9-14-6-4-7-15(18)11-14/h3-8,11H,9-10H2,1-2H3,(H,19,20). The van der Waals surface area contributed by atoms with E-state index in [2.05, 4.69) is 5.32 Å². The van der Waals surface area contributed by atoms with Crippen LogP contribution in [-0.2, 0) is 11.2 Å². The molecule has 0 saturated carbocycles. The molecule has 104 valence electrons.